The second-order valence-electron chi connectivity index (χ2n) is 7.44. The van der Waals surface area contributed by atoms with E-state index in [9.17, 15) is 14.0 Å². The molecule has 1 heterocycles. The van der Waals surface area contributed by atoms with E-state index < -0.39 is 11.8 Å². The molecule has 0 atom stereocenters. The fourth-order valence-corrected chi connectivity index (χ4v) is 4.87. The van der Waals surface area contributed by atoms with Crippen LogP contribution >= 0.6 is 58.0 Å². The van der Waals surface area contributed by atoms with Gasteiger partial charge in [0.15, 0.2) is 16.6 Å². The van der Waals surface area contributed by atoms with E-state index in [-0.39, 0.29) is 38.8 Å². The van der Waals surface area contributed by atoms with Crippen molar-refractivity contribution in [1.29, 1.82) is 0 Å². The number of methoxy groups -OCH3 is 1. The van der Waals surface area contributed by atoms with Gasteiger partial charge in [-0.1, -0.05) is 47.5 Å². The number of amides is 2. The standard InChI is InChI=1S/C25H16Cl2FIN2O4S/c1-34-20-11-13(10-18(29)22(20)35-12-14-5-2-3-7-17(14)28)9-15-23(32)30-25(36)31(24(15)33)19-8-4-6-16(26)21(19)27/h2-11H,12H2,1H3,(H,30,32,36)/b15-9+. The average molecular weight is 657 g/mol. The van der Waals surface area contributed by atoms with Gasteiger partial charge in [0.25, 0.3) is 11.8 Å². The van der Waals surface area contributed by atoms with Crippen molar-refractivity contribution in [3.8, 4) is 11.5 Å². The maximum Gasteiger partial charge on any atom is 0.270 e. The highest BCUT2D eigenvalue weighted by molar-refractivity contribution is 14.1. The van der Waals surface area contributed by atoms with Gasteiger partial charge < -0.3 is 9.47 Å². The molecule has 1 N–H and O–H groups in total. The molecule has 11 heteroatoms. The van der Waals surface area contributed by atoms with E-state index in [1.165, 1.54) is 19.3 Å². The molecule has 1 saturated heterocycles. The van der Waals surface area contributed by atoms with Crippen LogP contribution in [0, 0.1) is 9.39 Å². The highest BCUT2D eigenvalue weighted by Crippen LogP contribution is 2.37. The monoisotopic (exact) mass is 656 g/mol. The number of hydrogen-bond acceptors (Lipinski definition) is 5. The van der Waals surface area contributed by atoms with Crippen molar-refractivity contribution in [2.24, 2.45) is 0 Å². The van der Waals surface area contributed by atoms with E-state index in [1.807, 2.05) is 22.6 Å². The zero-order chi connectivity index (χ0) is 26.0. The Hall–Kier alpha value is -2.73. The summed E-state index contributed by atoms with van der Waals surface area (Å²) in [5.74, 6) is -0.956. The number of anilines is 1. The lowest BCUT2D eigenvalue weighted by atomic mass is 10.1. The molecule has 6 nitrogen and oxygen atoms in total. The molecule has 0 unspecified atom stereocenters. The number of rotatable bonds is 6. The van der Waals surface area contributed by atoms with Crippen LogP contribution in [0.1, 0.15) is 11.1 Å². The Balaban J connectivity index is 1.67. The maximum atomic E-state index is 14.0. The predicted octanol–water partition coefficient (Wildman–Crippen LogP) is 6.16. The number of carbonyl (C=O) groups excluding carboxylic acids is 2. The summed E-state index contributed by atoms with van der Waals surface area (Å²) in [5.41, 5.74) is 0.964. The van der Waals surface area contributed by atoms with Crippen LogP contribution in [0.5, 0.6) is 11.5 Å². The summed E-state index contributed by atoms with van der Waals surface area (Å²) in [6.07, 6.45) is 1.41. The Morgan fingerprint density at radius 1 is 1.14 bits per heavy atom. The van der Waals surface area contributed by atoms with Gasteiger partial charge in [0, 0.05) is 5.56 Å². The van der Waals surface area contributed by atoms with E-state index >= 15 is 0 Å². The fourth-order valence-electron chi connectivity index (χ4n) is 3.44. The first-order valence-corrected chi connectivity index (χ1v) is 12.5. The number of benzene rings is 3. The summed E-state index contributed by atoms with van der Waals surface area (Å²) in [4.78, 5) is 27.1. The smallest absolute Gasteiger partial charge is 0.270 e. The number of carbonyl (C=O) groups is 2. The number of hydrogen-bond donors (Lipinski definition) is 1. The molecule has 36 heavy (non-hydrogen) atoms. The molecule has 184 valence electrons. The van der Waals surface area contributed by atoms with Gasteiger partial charge in [0.2, 0.25) is 0 Å². The molecule has 2 amide bonds. The van der Waals surface area contributed by atoms with Crippen LogP contribution in [0.25, 0.3) is 6.08 Å². The van der Waals surface area contributed by atoms with Gasteiger partial charge in [-0.25, -0.2) is 4.39 Å². The number of nitrogens with one attached hydrogen (secondary N) is 1. The molecule has 4 rings (SSSR count). The van der Waals surface area contributed by atoms with Gasteiger partial charge >= 0.3 is 0 Å². The zero-order valence-corrected chi connectivity index (χ0v) is 23.0. The molecule has 1 fully saturated rings. The first-order chi connectivity index (χ1) is 17.2. The van der Waals surface area contributed by atoms with Gasteiger partial charge in [-0.15, -0.1) is 0 Å². The van der Waals surface area contributed by atoms with Gasteiger partial charge in [0.05, 0.1) is 26.4 Å². The van der Waals surface area contributed by atoms with Crippen LogP contribution in [0.4, 0.5) is 10.1 Å². The lowest BCUT2D eigenvalue weighted by Gasteiger charge is -2.29. The summed E-state index contributed by atoms with van der Waals surface area (Å²) in [5, 5.41) is 2.75. The summed E-state index contributed by atoms with van der Waals surface area (Å²) in [6.45, 7) is -0.00678. The van der Waals surface area contributed by atoms with Crippen molar-refractivity contribution in [3.05, 3.63) is 90.7 Å². The molecule has 1 aliphatic rings. The van der Waals surface area contributed by atoms with Crippen molar-refractivity contribution in [2.45, 2.75) is 6.61 Å². The molecule has 0 aliphatic carbocycles. The van der Waals surface area contributed by atoms with Gasteiger partial charge in [-0.2, -0.15) is 0 Å². The maximum absolute atomic E-state index is 14.0. The Morgan fingerprint density at radius 3 is 2.61 bits per heavy atom. The number of thiocarbonyl (C=S) groups is 1. The van der Waals surface area contributed by atoms with Crippen molar-refractivity contribution in [1.82, 2.24) is 5.32 Å². The number of nitrogens with zero attached hydrogens (tertiary/aromatic N) is 1. The quantitative estimate of drug-likeness (QED) is 0.149. The third-order valence-corrected chi connectivity index (χ3v) is 7.06. The number of ether oxygens (including phenoxy) is 2. The minimum atomic E-state index is -0.665. The second kappa shape index (κ2) is 11.1. The molecule has 1 aliphatic heterocycles. The second-order valence-corrected chi connectivity index (χ2v) is 9.78. The molecular formula is C25H16Cl2FIN2O4S. The Kier molecular flexibility index (Phi) is 8.13. The molecule has 0 saturated carbocycles. The molecule has 0 aromatic heterocycles. The van der Waals surface area contributed by atoms with Crippen LogP contribution in [0.3, 0.4) is 0 Å². The Morgan fingerprint density at radius 2 is 1.89 bits per heavy atom. The van der Waals surface area contributed by atoms with Crippen molar-refractivity contribution < 1.29 is 23.5 Å². The van der Waals surface area contributed by atoms with Gasteiger partial charge in [-0.3, -0.25) is 19.8 Å². The van der Waals surface area contributed by atoms with Crippen molar-refractivity contribution in [3.63, 3.8) is 0 Å². The van der Waals surface area contributed by atoms with Crippen LogP contribution in [-0.4, -0.2) is 24.0 Å². The number of halogens is 4. The largest absolute Gasteiger partial charge is 0.493 e. The lowest BCUT2D eigenvalue weighted by Crippen LogP contribution is -2.54. The first-order valence-electron chi connectivity index (χ1n) is 10.3. The van der Waals surface area contributed by atoms with Crippen LogP contribution in [0.15, 0.2) is 60.2 Å². The fraction of sp³-hybridized carbons (Fsp3) is 0.0800. The SMILES string of the molecule is COc1cc(/C=C2\C(=O)NC(=S)N(c3cccc(Cl)c3Cl)C2=O)cc(I)c1OCc1ccccc1F. The zero-order valence-electron chi connectivity index (χ0n) is 18.5. The highest BCUT2D eigenvalue weighted by Gasteiger charge is 2.35. The third kappa shape index (κ3) is 5.34. The predicted molar refractivity (Wildman–Crippen MR) is 149 cm³/mol. The Labute approximate surface area is 235 Å². The van der Waals surface area contributed by atoms with E-state index in [1.54, 1.807) is 48.5 Å². The summed E-state index contributed by atoms with van der Waals surface area (Å²) >= 11 is 19.6. The summed E-state index contributed by atoms with van der Waals surface area (Å²) < 4.78 is 25.9. The first kappa shape index (κ1) is 26.3. The highest BCUT2D eigenvalue weighted by atomic mass is 127. The van der Waals surface area contributed by atoms with Crippen molar-refractivity contribution in [2.75, 3.05) is 12.0 Å². The normalized spacial score (nSPS) is 14.8. The van der Waals surface area contributed by atoms with E-state index in [2.05, 4.69) is 5.32 Å². The van der Waals surface area contributed by atoms with Gasteiger partial charge in [-0.05, 0) is 76.8 Å². The van der Waals surface area contributed by atoms with E-state index in [4.69, 9.17) is 44.9 Å². The minimum absolute atomic E-state index is 0.00678. The van der Waals surface area contributed by atoms with Crippen LogP contribution in [-0.2, 0) is 16.2 Å². The minimum Gasteiger partial charge on any atom is -0.493 e. The van der Waals surface area contributed by atoms with Gasteiger partial charge in [0.1, 0.15) is 18.0 Å². The average Bonchev–Trinajstić information content (AvgIpc) is 2.84. The summed E-state index contributed by atoms with van der Waals surface area (Å²) in [7, 11) is 1.46. The van der Waals surface area contributed by atoms with E-state index in [0.29, 0.717) is 26.2 Å². The molecular weight excluding hydrogens is 641 g/mol. The topological polar surface area (TPSA) is 67.9 Å². The lowest BCUT2D eigenvalue weighted by molar-refractivity contribution is -0.122. The van der Waals surface area contributed by atoms with Crippen molar-refractivity contribution >= 4 is 86.7 Å². The third-order valence-electron chi connectivity index (χ3n) is 5.17. The summed E-state index contributed by atoms with van der Waals surface area (Å²) in [6, 6.07) is 14.4. The molecule has 0 bridgehead atoms. The van der Waals surface area contributed by atoms with Crippen LogP contribution in [0.2, 0.25) is 10.0 Å². The Bertz CT molecular complexity index is 1430. The van der Waals surface area contributed by atoms with Crippen LogP contribution < -0.4 is 19.7 Å². The molecule has 0 radical (unpaired) electrons. The molecule has 0 spiro atoms. The van der Waals surface area contributed by atoms with E-state index in [0.717, 1.165) is 4.90 Å². The molecule has 3 aromatic rings. The molecule has 3 aromatic carbocycles.